The van der Waals surface area contributed by atoms with Crippen LogP contribution in [0, 0.1) is 0 Å². The molecule has 2 unspecified atom stereocenters. The van der Waals surface area contributed by atoms with Gasteiger partial charge >= 0.3 is 0 Å². The highest BCUT2D eigenvalue weighted by Crippen LogP contribution is 2.26. The molecule has 0 spiro atoms. The molecular formula is C16H22ClNO3S. The number of rotatable bonds is 5. The van der Waals surface area contributed by atoms with Gasteiger partial charge in [0.25, 0.3) is 0 Å². The second-order valence-corrected chi connectivity index (χ2v) is 7.69. The van der Waals surface area contributed by atoms with Crippen molar-refractivity contribution in [2.75, 3.05) is 20.2 Å². The summed E-state index contributed by atoms with van der Waals surface area (Å²) in [5, 5.41) is 0.00554. The van der Waals surface area contributed by atoms with Crippen LogP contribution in [-0.4, -0.2) is 40.5 Å². The molecule has 1 aromatic rings. The van der Waals surface area contributed by atoms with Gasteiger partial charge < -0.3 is 9.64 Å². The van der Waals surface area contributed by atoms with Crippen LogP contribution in [0.15, 0.2) is 18.2 Å². The topological polar surface area (TPSA) is 46.6 Å². The Morgan fingerprint density at radius 1 is 1.36 bits per heavy atom. The summed E-state index contributed by atoms with van der Waals surface area (Å²) in [7, 11) is 0.299. The van der Waals surface area contributed by atoms with Gasteiger partial charge in [-0.1, -0.05) is 17.7 Å². The number of hydrogen-bond acceptors (Lipinski definition) is 3. The zero-order valence-corrected chi connectivity index (χ0v) is 14.6. The molecule has 4 nitrogen and oxygen atoms in total. The van der Waals surface area contributed by atoms with Crippen LogP contribution in [-0.2, 0) is 21.3 Å². The van der Waals surface area contributed by atoms with E-state index in [1.807, 2.05) is 11.0 Å². The standard InChI is InChI=1S/C16H22ClNO3S/c1-12(16(19)18-8-4-3-5-9-18)22(20)11-13-6-7-15(21-2)14(17)10-13/h6-7,10,12H,3-5,8-9,11H2,1-2H3. The lowest BCUT2D eigenvalue weighted by molar-refractivity contribution is -0.131. The Morgan fingerprint density at radius 3 is 2.64 bits per heavy atom. The van der Waals surface area contributed by atoms with Gasteiger partial charge in [-0.3, -0.25) is 9.00 Å². The molecule has 1 aliphatic heterocycles. The number of nitrogens with zero attached hydrogens (tertiary/aromatic N) is 1. The molecule has 0 saturated carbocycles. The summed E-state index contributed by atoms with van der Waals surface area (Å²) < 4.78 is 17.6. The minimum Gasteiger partial charge on any atom is -0.495 e. The maximum atomic E-state index is 12.5. The Bertz CT molecular complexity index is 558. The van der Waals surface area contributed by atoms with Crippen LogP contribution in [0.1, 0.15) is 31.7 Å². The molecule has 1 fully saturated rings. The lowest BCUT2D eigenvalue weighted by atomic mass is 10.1. The largest absolute Gasteiger partial charge is 0.495 e. The third-order valence-electron chi connectivity index (χ3n) is 3.93. The Morgan fingerprint density at radius 2 is 2.05 bits per heavy atom. The Hall–Kier alpha value is -1.07. The van der Waals surface area contributed by atoms with Crippen molar-refractivity contribution in [2.24, 2.45) is 0 Å². The van der Waals surface area contributed by atoms with Gasteiger partial charge in [-0.05, 0) is 43.9 Å². The number of likely N-dealkylation sites (tertiary alicyclic amines) is 1. The zero-order valence-electron chi connectivity index (χ0n) is 13.0. The minimum absolute atomic E-state index is 0.00218. The second kappa shape index (κ2) is 7.97. The van der Waals surface area contributed by atoms with E-state index in [0.29, 0.717) is 16.5 Å². The van der Waals surface area contributed by atoms with E-state index in [9.17, 15) is 9.00 Å². The predicted octanol–water partition coefficient (Wildman–Crippen LogP) is 3.00. The second-order valence-electron chi connectivity index (χ2n) is 5.52. The van der Waals surface area contributed by atoms with E-state index >= 15 is 0 Å². The molecule has 0 bridgehead atoms. The van der Waals surface area contributed by atoms with Crippen molar-refractivity contribution in [1.29, 1.82) is 0 Å². The normalized spacial score (nSPS) is 17.9. The van der Waals surface area contributed by atoms with Crippen molar-refractivity contribution in [2.45, 2.75) is 37.2 Å². The van der Waals surface area contributed by atoms with Crippen LogP contribution < -0.4 is 4.74 Å². The van der Waals surface area contributed by atoms with Crippen molar-refractivity contribution in [1.82, 2.24) is 4.90 Å². The number of piperidine rings is 1. The molecule has 2 rings (SSSR count). The number of carbonyl (C=O) groups excluding carboxylic acids is 1. The molecule has 0 aliphatic carbocycles. The fourth-order valence-electron chi connectivity index (χ4n) is 2.57. The first-order chi connectivity index (χ1) is 10.5. The number of methoxy groups -OCH3 is 1. The van der Waals surface area contributed by atoms with E-state index in [4.69, 9.17) is 16.3 Å². The van der Waals surface area contributed by atoms with E-state index in [2.05, 4.69) is 0 Å². The molecule has 1 saturated heterocycles. The molecule has 1 amide bonds. The molecule has 2 atom stereocenters. The Balaban J connectivity index is 1.98. The number of benzene rings is 1. The van der Waals surface area contributed by atoms with Crippen LogP contribution in [0.5, 0.6) is 5.75 Å². The number of carbonyl (C=O) groups is 1. The minimum atomic E-state index is -1.26. The van der Waals surface area contributed by atoms with Gasteiger partial charge in [-0.15, -0.1) is 0 Å². The van der Waals surface area contributed by atoms with E-state index in [-0.39, 0.29) is 5.91 Å². The summed E-state index contributed by atoms with van der Waals surface area (Å²) in [4.78, 5) is 14.2. The van der Waals surface area contributed by atoms with E-state index in [1.165, 1.54) is 6.42 Å². The average molecular weight is 344 g/mol. The van der Waals surface area contributed by atoms with Crippen LogP contribution >= 0.6 is 11.6 Å². The molecular weight excluding hydrogens is 322 g/mol. The Kier molecular flexibility index (Phi) is 6.26. The van der Waals surface area contributed by atoms with Gasteiger partial charge in [0.15, 0.2) is 0 Å². The average Bonchev–Trinajstić information content (AvgIpc) is 2.54. The summed E-state index contributed by atoms with van der Waals surface area (Å²) in [6.45, 7) is 3.32. The van der Waals surface area contributed by atoms with Crippen molar-refractivity contribution < 1.29 is 13.7 Å². The smallest absolute Gasteiger partial charge is 0.238 e. The van der Waals surface area contributed by atoms with Crippen LogP contribution in [0.4, 0.5) is 0 Å². The van der Waals surface area contributed by atoms with Gasteiger partial charge in [0.1, 0.15) is 11.0 Å². The van der Waals surface area contributed by atoms with E-state index in [1.54, 1.807) is 26.2 Å². The first-order valence-electron chi connectivity index (χ1n) is 7.51. The van der Waals surface area contributed by atoms with Crippen LogP contribution in [0.25, 0.3) is 0 Å². The summed E-state index contributed by atoms with van der Waals surface area (Å²) >= 11 is 6.08. The van der Waals surface area contributed by atoms with Crippen molar-refractivity contribution >= 4 is 28.3 Å². The van der Waals surface area contributed by atoms with Crippen LogP contribution in [0.3, 0.4) is 0 Å². The molecule has 122 valence electrons. The lowest BCUT2D eigenvalue weighted by Gasteiger charge is -2.29. The summed E-state index contributed by atoms with van der Waals surface area (Å²) in [6.07, 6.45) is 3.25. The summed E-state index contributed by atoms with van der Waals surface area (Å²) in [5.74, 6) is 0.913. The van der Waals surface area contributed by atoms with Crippen molar-refractivity contribution in [3.63, 3.8) is 0 Å². The molecule has 0 N–H and O–H groups in total. The van der Waals surface area contributed by atoms with Gasteiger partial charge in [0.2, 0.25) is 5.91 Å². The Labute approximate surface area is 139 Å². The number of ether oxygens (including phenoxy) is 1. The molecule has 0 radical (unpaired) electrons. The van der Waals surface area contributed by atoms with Gasteiger partial charge in [-0.25, -0.2) is 0 Å². The lowest BCUT2D eigenvalue weighted by Crippen LogP contribution is -2.42. The zero-order chi connectivity index (χ0) is 16.1. The maximum absolute atomic E-state index is 12.5. The predicted molar refractivity (Wildman–Crippen MR) is 89.7 cm³/mol. The summed E-state index contributed by atoms with van der Waals surface area (Å²) in [5.41, 5.74) is 0.849. The molecule has 1 heterocycles. The van der Waals surface area contributed by atoms with Crippen LogP contribution in [0.2, 0.25) is 5.02 Å². The SMILES string of the molecule is COc1ccc(CS(=O)C(C)C(=O)N2CCCCC2)cc1Cl. The first-order valence-corrected chi connectivity index (χ1v) is 9.27. The molecule has 6 heteroatoms. The first kappa shape index (κ1) is 17.3. The molecule has 22 heavy (non-hydrogen) atoms. The van der Waals surface area contributed by atoms with E-state index in [0.717, 1.165) is 31.5 Å². The van der Waals surface area contributed by atoms with Gasteiger partial charge in [0, 0.05) is 29.6 Å². The highest BCUT2D eigenvalue weighted by atomic mass is 35.5. The number of halogens is 1. The number of amides is 1. The quantitative estimate of drug-likeness (QED) is 0.825. The van der Waals surface area contributed by atoms with Gasteiger partial charge in [0.05, 0.1) is 12.1 Å². The summed E-state index contributed by atoms with van der Waals surface area (Å²) in [6, 6.07) is 5.34. The fourth-order valence-corrected chi connectivity index (χ4v) is 3.99. The third-order valence-corrected chi connectivity index (χ3v) is 5.84. The van der Waals surface area contributed by atoms with Crippen molar-refractivity contribution in [3.8, 4) is 5.75 Å². The third kappa shape index (κ3) is 4.23. The monoisotopic (exact) mass is 343 g/mol. The fraction of sp³-hybridized carbons (Fsp3) is 0.562. The highest BCUT2D eigenvalue weighted by molar-refractivity contribution is 7.85. The molecule has 1 aliphatic rings. The van der Waals surface area contributed by atoms with E-state index < -0.39 is 16.0 Å². The maximum Gasteiger partial charge on any atom is 0.238 e. The van der Waals surface area contributed by atoms with Gasteiger partial charge in [-0.2, -0.15) is 0 Å². The molecule has 0 aromatic heterocycles. The molecule has 1 aromatic carbocycles. The van der Waals surface area contributed by atoms with Crippen molar-refractivity contribution in [3.05, 3.63) is 28.8 Å². The highest BCUT2D eigenvalue weighted by Gasteiger charge is 2.26. The number of hydrogen-bond donors (Lipinski definition) is 0.